The molecule has 0 unspecified atom stereocenters. The van der Waals surface area contributed by atoms with Gasteiger partial charge < -0.3 is 0 Å². The summed E-state index contributed by atoms with van der Waals surface area (Å²) in [6.07, 6.45) is 2.99. The summed E-state index contributed by atoms with van der Waals surface area (Å²) in [5.41, 5.74) is 2.23. The molecular weight excluding hydrogens is 194 g/mol. The normalized spacial score (nSPS) is 11.4. The second kappa shape index (κ2) is 4.79. The molecule has 78 valence electrons. The number of rotatable bonds is 3. The third-order valence-electron chi connectivity index (χ3n) is 2.12. The maximum absolute atomic E-state index is 6.15. The summed E-state index contributed by atoms with van der Waals surface area (Å²) in [6.45, 7) is 8.61. The van der Waals surface area contributed by atoms with Crippen LogP contribution in [0.2, 0.25) is 5.02 Å². The molecule has 1 aromatic heterocycles. The summed E-state index contributed by atoms with van der Waals surface area (Å²) in [5, 5.41) is 0.804. The third kappa shape index (κ3) is 2.98. The van der Waals surface area contributed by atoms with E-state index in [1.165, 1.54) is 5.56 Å². The molecular formula is C12H18ClN. The minimum Gasteiger partial charge on any atom is -0.259 e. The lowest BCUT2D eigenvalue weighted by molar-refractivity contribution is 0.644. The second-order valence-electron chi connectivity index (χ2n) is 4.46. The summed E-state index contributed by atoms with van der Waals surface area (Å²) in [5.74, 6) is 1.05. The molecule has 0 atom stereocenters. The van der Waals surface area contributed by atoms with E-state index in [2.05, 4.69) is 32.7 Å². The molecule has 1 rings (SSSR count). The van der Waals surface area contributed by atoms with Crippen molar-refractivity contribution in [1.82, 2.24) is 4.98 Å². The van der Waals surface area contributed by atoms with Crippen molar-refractivity contribution in [1.29, 1.82) is 0 Å². The zero-order chi connectivity index (χ0) is 10.7. The molecule has 1 nitrogen and oxygen atoms in total. The largest absolute Gasteiger partial charge is 0.259 e. The third-order valence-corrected chi connectivity index (χ3v) is 2.42. The molecule has 0 fully saturated rings. The molecule has 0 aliphatic heterocycles. The Balaban J connectivity index is 2.89. The predicted molar refractivity (Wildman–Crippen MR) is 61.9 cm³/mol. The van der Waals surface area contributed by atoms with Crippen molar-refractivity contribution in [3.8, 4) is 0 Å². The molecule has 0 saturated carbocycles. The lowest BCUT2D eigenvalue weighted by atomic mass is 10.0. The molecule has 0 aromatic carbocycles. The van der Waals surface area contributed by atoms with Crippen LogP contribution < -0.4 is 0 Å². The van der Waals surface area contributed by atoms with Gasteiger partial charge in [-0.1, -0.05) is 39.3 Å². The topological polar surface area (TPSA) is 12.9 Å². The van der Waals surface area contributed by atoms with Gasteiger partial charge in [-0.3, -0.25) is 4.98 Å². The van der Waals surface area contributed by atoms with Crippen molar-refractivity contribution in [3.63, 3.8) is 0 Å². The molecule has 0 saturated heterocycles. The Kier molecular flexibility index (Phi) is 3.94. The van der Waals surface area contributed by atoms with Crippen LogP contribution in [0.15, 0.2) is 12.3 Å². The molecule has 0 radical (unpaired) electrons. The first-order chi connectivity index (χ1) is 6.50. The zero-order valence-corrected chi connectivity index (χ0v) is 10.1. The Morgan fingerprint density at radius 2 is 1.93 bits per heavy atom. The van der Waals surface area contributed by atoms with E-state index in [0.29, 0.717) is 11.8 Å². The molecule has 0 bridgehead atoms. The Hall–Kier alpha value is -0.560. The Morgan fingerprint density at radius 1 is 1.29 bits per heavy atom. The smallest absolute Gasteiger partial charge is 0.0626 e. The van der Waals surface area contributed by atoms with Crippen molar-refractivity contribution in [3.05, 3.63) is 28.5 Å². The Bertz CT molecular complexity index is 305. The van der Waals surface area contributed by atoms with E-state index in [-0.39, 0.29) is 0 Å². The zero-order valence-electron chi connectivity index (χ0n) is 9.34. The minimum absolute atomic E-state index is 0.399. The van der Waals surface area contributed by atoms with Gasteiger partial charge in [0, 0.05) is 6.20 Å². The van der Waals surface area contributed by atoms with E-state index < -0.39 is 0 Å². The molecule has 0 aliphatic carbocycles. The maximum atomic E-state index is 6.15. The van der Waals surface area contributed by atoms with E-state index >= 15 is 0 Å². The highest BCUT2D eigenvalue weighted by molar-refractivity contribution is 6.31. The molecule has 0 N–H and O–H groups in total. The Labute approximate surface area is 91.5 Å². The van der Waals surface area contributed by atoms with Gasteiger partial charge in [-0.15, -0.1) is 0 Å². The number of hydrogen-bond donors (Lipinski definition) is 0. The van der Waals surface area contributed by atoms with Crippen LogP contribution in [0.4, 0.5) is 0 Å². The van der Waals surface area contributed by atoms with E-state index in [9.17, 15) is 0 Å². The van der Waals surface area contributed by atoms with Gasteiger partial charge in [0.15, 0.2) is 0 Å². The van der Waals surface area contributed by atoms with Crippen molar-refractivity contribution in [2.45, 2.75) is 40.0 Å². The summed E-state index contributed by atoms with van der Waals surface area (Å²) in [6, 6.07) is 2.05. The van der Waals surface area contributed by atoms with E-state index in [4.69, 9.17) is 11.6 Å². The van der Waals surface area contributed by atoms with Gasteiger partial charge in [0.2, 0.25) is 0 Å². The fourth-order valence-electron chi connectivity index (χ4n) is 1.50. The van der Waals surface area contributed by atoms with Crippen LogP contribution in [0.3, 0.4) is 0 Å². The van der Waals surface area contributed by atoms with Gasteiger partial charge in [0.25, 0.3) is 0 Å². The minimum atomic E-state index is 0.399. The fraction of sp³-hybridized carbons (Fsp3) is 0.583. The number of aromatic nitrogens is 1. The van der Waals surface area contributed by atoms with E-state index in [1.54, 1.807) is 0 Å². The van der Waals surface area contributed by atoms with Crippen LogP contribution in [0, 0.1) is 5.92 Å². The lowest BCUT2D eigenvalue weighted by Gasteiger charge is -2.10. The quantitative estimate of drug-likeness (QED) is 0.735. The molecule has 2 heteroatoms. The Morgan fingerprint density at radius 3 is 2.36 bits per heavy atom. The second-order valence-corrected chi connectivity index (χ2v) is 4.87. The van der Waals surface area contributed by atoms with Crippen LogP contribution in [-0.4, -0.2) is 4.98 Å². The number of nitrogens with zero attached hydrogens (tertiary/aromatic N) is 1. The van der Waals surface area contributed by atoms with Gasteiger partial charge in [-0.25, -0.2) is 0 Å². The van der Waals surface area contributed by atoms with Gasteiger partial charge in [0.05, 0.1) is 10.7 Å². The van der Waals surface area contributed by atoms with Crippen LogP contribution in [0.5, 0.6) is 0 Å². The van der Waals surface area contributed by atoms with Crippen molar-refractivity contribution in [2.75, 3.05) is 0 Å². The number of halogens is 1. The van der Waals surface area contributed by atoms with Crippen molar-refractivity contribution < 1.29 is 0 Å². The predicted octanol–water partition coefficient (Wildman–Crippen LogP) is 4.06. The highest BCUT2D eigenvalue weighted by Gasteiger charge is 2.07. The van der Waals surface area contributed by atoms with Gasteiger partial charge in [0.1, 0.15) is 0 Å². The average Bonchev–Trinajstić information content (AvgIpc) is 2.01. The fourth-order valence-corrected chi connectivity index (χ4v) is 1.90. The van der Waals surface area contributed by atoms with Crippen LogP contribution in [0.1, 0.15) is 44.9 Å². The average molecular weight is 212 g/mol. The van der Waals surface area contributed by atoms with Gasteiger partial charge >= 0.3 is 0 Å². The summed E-state index contributed by atoms with van der Waals surface area (Å²) in [4.78, 5) is 4.40. The standard InChI is InChI=1S/C12H18ClN/c1-8(2)5-10-6-11(13)12(9(3)4)14-7-10/h6-9H,5H2,1-4H3. The first kappa shape index (κ1) is 11.5. The monoisotopic (exact) mass is 211 g/mol. The molecule has 1 aromatic rings. The number of hydrogen-bond acceptors (Lipinski definition) is 1. The van der Waals surface area contributed by atoms with E-state index in [0.717, 1.165) is 17.1 Å². The lowest BCUT2D eigenvalue weighted by Crippen LogP contribution is -1.99. The highest BCUT2D eigenvalue weighted by Crippen LogP contribution is 2.23. The van der Waals surface area contributed by atoms with Gasteiger partial charge in [-0.2, -0.15) is 0 Å². The number of pyridine rings is 1. The summed E-state index contributed by atoms with van der Waals surface area (Å²) in [7, 11) is 0. The molecule has 0 aliphatic rings. The molecule has 1 heterocycles. The SMILES string of the molecule is CC(C)Cc1cnc(C(C)C)c(Cl)c1. The summed E-state index contributed by atoms with van der Waals surface area (Å²) >= 11 is 6.15. The molecule has 0 spiro atoms. The highest BCUT2D eigenvalue weighted by atomic mass is 35.5. The van der Waals surface area contributed by atoms with Crippen LogP contribution in [0.25, 0.3) is 0 Å². The van der Waals surface area contributed by atoms with Crippen LogP contribution in [-0.2, 0) is 6.42 Å². The van der Waals surface area contributed by atoms with Gasteiger partial charge in [-0.05, 0) is 29.9 Å². The van der Waals surface area contributed by atoms with E-state index in [1.807, 2.05) is 12.3 Å². The van der Waals surface area contributed by atoms with Crippen LogP contribution >= 0.6 is 11.6 Å². The molecule has 0 amide bonds. The maximum Gasteiger partial charge on any atom is 0.0626 e. The summed E-state index contributed by atoms with van der Waals surface area (Å²) < 4.78 is 0. The first-order valence-electron chi connectivity index (χ1n) is 5.15. The molecule has 14 heavy (non-hydrogen) atoms. The first-order valence-corrected chi connectivity index (χ1v) is 5.52. The van der Waals surface area contributed by atoms with Crippen molar-refractivity contribution >= 4 is 11.6 Å². The van der Waals surface area contributed by atoms with Crippen molar-refractivity contribution in [2.24, 2.45) is 5.92 Å².